The van der Waals surface area contributed by atoms with E-state index in [4.69, 9.17) is 6.42 Å². The molecule has 1 aromatic rings. The van der Waals surface area contributed by atoms with Gasteiger partial charge in [0.05, 0.1) is 11.6 Å². The molecule has 10 heteroatoms. The van der Waals surface area contributed by atoms with Crippen molar-refractivity contribution in [2.45, 2.75) is 75.0 Å². The molecule has 5 saturated heterocycles. The maximum absolute atomic E-state index is 13.7. The number of likely N-dealkylation sites (tertiary alicyclic amines) is 1. The first-order chi connectivity index (χ1) is 18.8. The zero-order valence-electron chi connectivity index (χ0n) is 22.2. The van der Waals surface area contributed by atoms with Crippen molar-refractivity contribution in [3.63, 3.8) is 0 Å². The van der Waals surface area contributed by atoms with E-state index in [-0.39, 0.29) is 48.6 Å². The lowest BCUT2D eigenvalue weighted by Crippen LogP contribution is -2.62. The number of terminal acetylenes is 1. The predicted molar refractivity (Wildman–Crippen MR) is 142 cm³/mol. The van der Waals surface area contributed by atoms with Gasteiger partial charge in [-0.3, -0.25) is 24.1 Å². The van der Waals surface area contributed by atoms with E-state index in [0.717, 1.165) is 32.2 Å². The molecular weight excluding hydrogens is 501 g/mol. The van der Waals surface area contributed by atoms with E-state index in [0.29, 0.717) is 44.6 Å². The molecule has 0 aromatic heterocycles. The Morgan fingerprint density at radius 1 is 1.03 bits per heavy atom. The molecule has 1 spiro atoms. The van der Waals surface area contributed by atoms with Crippen molar-refractivity contribution in [3.8, 4) is 12.3 Å². The number of benzene rings is 1. The number of amides is 4. The smallest absolute Gasteiger partial charge is 0.253 e. The Kier molecular flexibility index (Phi) is 7.89. The third kappa shape index (κ3) is 5.78. The van der Waals surface area contributed by atoms with Gasteiger partial charge >= 0.3 is 0 Å². The van der Waals surface area contributed by atoms with Gasteiger partial charge in [0.2, 0.25) is 17.7 Å². The molecule has 0 radical (unpaired) electrons. The van der Waals surface area contributed by atoms with Crippen LogP contribution >= 0.6 is 0 Å². The number of nitrogens with one attached hydrogen (secondary N) is 2. The lowest BCUT2D eigenvalue weighted by Gasteiger charge is -2.45. The second-order valence-electron chi connectivity index (χ2n) is 11.2. The summed E-state index contributed by atoms with van der Waals surface area (Å²) >= 11 is 0. The van der Waals surface area contributed by atoms with Gasteiger partial charge in [0, 0.05) is 50.6 Å². The van der Waals surface area contributed by atoms with Crippen molar-refractivity contribution < 1.29 is 23.6 Å². The third-order valence-corrected chi connectivity index (χ3v) is 8.78. The van der Waals surface area contributed by atoms with Gasteiger partial charge in [0.25, 0.3) is 5.91 Å². The Balaban J connectivity index is 1.38. The summed E-state index contributed by atoms with van der Waals surface area (Å²) in [4.78, 5) is 59.1. The fourth-order valence-electron chi connectivity index (χ4n) is 6.62. The van der Waals surface area contributed by atoms with E-state index in [1.54, 1.807) is 9.80 Å². The number of piperidine rings is 2. The molecule has 6 rings (SSSR count). The number of carbonyl (C=O) groups excluding carboxylic acids is 4. The predicted octanol–water partition coefficient (Wildman–Crippen LogP) is 1.28. The largest absolute Gasteiger partial charge is 0.349 e. The van der Waals surface area contributed by atoms with Crippen molar-refractivity contribution in [2.24, 2.45) is 0 Å². The number of fused-ring (bicyclic) bond motifs is 7. The van der Waals surface area contributed by atoms with Crippen LogP contribution in [0.5, 0.6) is 0 Å². The highest BCUT2D eigenvalue weighted by Gasteiger charge is 2.44. The fraction of sp³-hybridized carbons (Fsp3) is 0.586. The highest BCUT2D eigenvalue weighted by Crippen LogP contribution is 2.31. The Morgan fingerprint density at radius 3 is 2.38 bits per heavy atom. The Morgan fingerprint density at radius 2 is 1.72 bits per heavy atom. The highest BCUT2D eigenvalue weighted by molar-refractivity contribution is 5.94. The van der Waals surface area contributed by atoms with E-state index in [1.807, 2.05) is 0 Å². The summed E-state index contributed by atoms with van der Waals surface area (Å²) in [6.45, 7) is 2.66. The molecule has 1 aromatic carbocycles. The van der Waals surface area contributed by atoms with Crippen LogP contribution in [0.15, 0.2) is 24.3 Å². The standard InChI is InChI=1S/C29H36FN5O4/c1-2-4-23-28(39)33-15-10-22(11-16-33)35-14-3-5-24(35)26(37)32-29(19-25(36)31-23)12-17-34(18-13-29)27(38)20-6-8-21(30)9-7-20/h1,6-9,22-24H,3-5,10-19H2,(H,31,36)(H,32,37)/t23-,24+/m1/s1. The zero-order valence-corrected chi connectivity index (χ0v) is 22.2. The van der Waals surface area contributed by atoms with Gasteiger partial charge in [-0.05, 0) is 69.3 Å². The number of hydrogen-bond acceptors (Lipinski definition) is 5. The molecule has 4 amide bonds. The van der Waals surface area contributed by atoms with Gasteiger partial charge in [-0.25, -0.2) is 4.39 Å². The first kappa shape index (κ1) is 27.1. The van der Waals surface area contributed by atoms with Crippen molar-refractivity contribution in [2.75, 3.05) is 32.7 Å². The molecule has 5 fully saturated rings. The van der Waals surface area contributed by atoms with Gasteiger partial charge in [0.1, 0.15) is 11.9 Å². The van der Waals surface area contributed by atoms with Crippen LogP contribution in [0.3, 0.4) is 0 Å². The summed E-state index contributed by atoms with van der Waals surface area (Å²) in [7, 11) is 0. The quantitative estimate of drug-likeness (QED) is 0.554. The summed E-state index contributed by atoms with van der Waals surface area (Å²) in [5.74, 6) is 1.31. The lowest BCUT2D eigenvalue weighted by molar-refractivity contribution is -0.140. The molecule has 0 aliphatic carbocycles. The van der Waals surface area contributed by atoms with Gasteiger partial charge in [-0.1, -0.05) is 0 Å². The topological polar surface area (TPSA) is 102 Å². The van der Waals surface area contributed by atoms with Crippen molar-refractivity contribution >= 4 is 23.6 Å². The summed E-state index contributed by atoms with van der Waals surface area (Å²) in [5.41, 5.74) is -0.468. The minimum absolute atomic E-state index is 0.0121. The Labute approximate surface area is 228 Å². The molecule has 2 atom stereocenters. The van der Waals surface area contributed by atoms with Crippen LogP contribution in [0.4, 0.5) is 4.39 Å². The van der Waals surface area contributed by atoms with E-state index in [9.17, 15) is 23.6 Å². The third-order valence-electron chi connectivity index (χ3n) is 8.78. The first-order valence-electron chi connectivity index (χ1n) is 13.9. The molecule has 0 saturated carbocycles. The molecule has 208 valence electrons. The summed E-state index contributed by atoms with van der Waals surface area (Å²) in [5, 5.41) is 6.10. The molecular formula is C29H36FN5O4. The average Bonchev–Trinajstić information content (AvgIpc) is 3.43. The van der Waals surface area contributed by atoms with Crippen LogP contribution in [0.25, 0.3) is 0 Å². The van der Waals surface area contributed by atoms with Crippen LogP contribution in [-0.4, -0.2) is 94.7 Å². The van der Waals surface area contributed by atoms with Crippen LogP contribution in [0.1, 0.15) is 61.7 Å². The maximum atomic E-state index is 13.7. The van der Waals surface area contributed by atoms with E-state index < -0.39 is 17.4 Å². The molecule has 39 heavy (non-hydrogen) atoms. The van der Waals surface area contributed by atoms with Crippen LogP contribution in [-0.2, 0) is 14.4 Å². The number of rotatable bonds is 2. The molecule has 2 N–H and O–H groups in total. The normalized spacial score (nSPS) is 26.5. The van der Waals surface area contributed by atoms with Crippen LogP contribution < -0.4 is 10.6 Å². The van der Waals surface area contributed by atoms with Crippen LogP contribution in [0, 0.1) is 18.2 Å². The first-order valence-corrected chi connectivity index (χ1v) is 13.9. The number of nitrogens with zero attached hydrogens (tertiary/aromatic N) is 3. The maximum Gasteiger partial charge on any atom is 0.253 e. The highest BCUT2D eigenvalue weighted by atomic mass is 19.1. The minimum atomic E-state index is -0.859. The van der Waals surface area contributed by atoms with Gasteiger partial charge in [-0.2, -0.15) is 0 Å². The molecule has 5 heterocycles. The van der Waals surface area contributed by atoms with Gasteiger partial charge in [-0.15, -0.1) is 12.3 Å². The summed E-state index contributed by atoms with van der Waals surface area (Å²) < 4.78 is 13.3. The van der Waals surface area contributed by atoms with Crippen molar-refractivity contribution in [3.05, 3.63) is 35.6 Å². The summed E-state index contributed by atoms with van der Waals surface area (Å²) in [6, 6.07) is 4.57. The Hall–Kier alpha value is -3.45. The number of hydrogen-bond donors (Lipinski definition) is 2. The van der Waals surface area contributed by atoms with E-state index in [2.05, 4.69) is 21.5 Å². The second kappa shape index (κ2) is 11.3. The minimum Gasteiger partial charge on any atom is -0.349 e. The van der Waals surface area contributed by atoms with Gasteiger partial charge in [0.15, 0.2) is 0 Å². The molecule has 0 unspecified atom stereocenters. The SMILES string of the molecule is C#CC[C@H]1NC(=O)CC2(CCN(C(=O)c3ccc(F)cc3)CC2)NC(=O)[C@@H]2CCCN2C2CCN(CC2)C1=O. The zero-order chi connectivity index (χ0) is 27.6. The molecule has 2 bridgehead atoms. The summed E-state index contributed by atoms with van der Waals surface area (Å²) in [6.07, 6.45) is 9.63. The Bertz CT molecular complexity index is 1150. The molecule has 9 nitrogen and oxygen atoms in total. The number of halogens is 1. The number of carbonyl (C=O) groups is 4. The van der Waals surface area contributed by atoms with Crippen molar-refractivity contribution in [1.29, 1.82) is 0 Å². The second-order valence-corrected chi connectivity index (χ2v) is 11.2. The molecule has 5 aliphatic heterocycles. The fourth-order valence-corrected chi connectivity index (χ4v) is 6.62. The van der Waals surface area contributed by atoms with E-state index >= 15 is 0 Å². The molecule has 5 aliphatic rings. The average molecular weight is 538 g/mol. The van der Waals surface area contributed by atoms with Crippen molar-refractivity contribution in [1.82, 2.24) is 25.3 Å². The van der Waals surface area contributed by atoms with Crippen LogP contribution in [0.2, 0.25) is 0 Å². The lowest BCUT2D eigenvalue weighted by atomic mass is 9.83. The monoisotopic (exact) mass is 537 g/mol. The van der Waals surface area contributed by atoms with Gasteiger partial charge < -0.3 is 20.4 Å². The van der Waals surface area contributed by atoms with E-state index in [1.165, 1.54) is 24.3 Å².